The predicted octanol–water partition coefficient (Wildman–Crippen LogP) is 1.74. The topological polar surface area (TPSA) is 57.6 Å². The molecular formula is C17H28ClN2O3+. The number of likely N-dealkylation sites (tertiary alicyclic amines) is 1. The van der Waals surface area contributed by atoms with Crippen LogP contribution in [0.1, 0.15) is 33.1 Å². The van der Waals surface area contributed by atoms with E-state index >= 15 is 0 Å². The lowest BCUT2D eigenvalue weighted by Crippen LogP contribution is -2.51. The fourth-order valence-corrected chi connectivity index (χ4v) is 4.12. The molecule has 2 aliphatic rings. The number of amides is 2. The van der Waals surface area contributed by atoms with Crippen molar-refractivity contribution in [3.05, 3.63) is 11.1 Å². The number of rotatable bonds is 8. The van der Waals surface area contributed by atoms with E-state index in [1.165, 1.54) is 4.90 Å². The summed E-state index contributed by atoms with van der Waals surface area (Å²) in [4.78, 5) is 26.4. The molecule has 0 radical (unpaired) electrons. The molecule has 1 aliphatic heterocycles. The van der Waals surface area contributed by atoms with Crippen LogP contribution in [0, 0.1) is 11.8 Å². The first-order valence-corrected chi connectivity index (χ1v) is 9.01. The van der Waals surface area contributed by atoms with Gasteiger partial charge in [-0.05, 0) is 26.7 Å². The number of aliphatic hydroxyl groups is 1. The Kier molecular flexibility index (Phi) is 6.23. The van der Waals surface area contributed by atoms with Crippen LogP contribution in [0.5, 0.6) is 0 Å². The monoisotopic (exact) mass is 343 g/mol. The molecule has 2 rings (SSSR count). The molecule has 1 N–H and O–H groups in total. The summed E-state index contributed by atoms with van der Waals surface area (Å²) >= 11 is 6.03. The van der Waals surface area contributed by atoms with Gasteiger partial charge in [0.15, 0.2) is 0 Å². The Labute approximate surface area is 143 Å². The van der Waals surface area contributed by atoms with Crippen molar-refractivity contribution in [2.45, 2.75) is 33.1 Å². The molecule has 0 spiro atoms. The highest BCUT2D eigenvalue weighted by molar-refractivity contribution is 6.30. The Balaban J connectivity index is 1.94. The normalized spacial score (nSPS) is 24.9. The van der Waals surface area contributed by atoms with E-state index in [1.54, 1.807) is 0 Å². The molecule has 1 fully saturated rings. The second kappa shape index (κ2) is 7.77. The highest BCUT2D eigenvalue weighted by Crippen LogP contribution is 2.38. The number of imide groups is 1. The molecule has 130 valence electrons. The van der Waals surface area contributed by atoms with Crippen LogP contribution < -0.4 is 0 Å². The number of aliphatic hydroxyl groups excluding tert-OH is 1. The molecule has 1 saturated heterocycles. The van der Waals surface area contributed by atoms with Crippen LogP contribution in [0.4, 0.5) is 0 Å². The van der Waals surface area contributed by atoms with Crippen molar-refractivity contribution in [2.24, 2.45) is 11.8 Å². The minimum atomic E-state index is -0.256. The molecule has 0 bridgehead atoms. The summed E-state index contributed by atoms with van der Waals surface area (Å²) in [6, 6.07) is 0. The van der Waals surface area contributed by atoms with Gasteiger partial charge in [-0.25, -0.2) is 0 Å². The van der Waals surface area contributed by atoms with Crippen LogP contribution in [-0.4, -0.2) is 65.6 Å². The van der Waals surface area contributed by atoms with Gasteiger partial charge in [0.25, 0.3) is 0 Å². The molecule has 6 heteroatoms. The average Bonchev–Trinajstić information content (AvgIpc) is 2.78. The van der Waals surface area contributed by atoms with Gasteiger partial charge in [0.2, 0.25) is 11.8 Å². The predicted molar refractivity (Wildman–Crippen MR) is 89.6 cm³/mol. The van der Waals surface area contributed by atoms with Gasteiger partial charge in [-0.1, -0.05) is 17.7 Å². The van der Waals surface area contributed by atoms with E-state index in [0.29, 0.717) is 24.4 Å². The summed E-state index contributed by atoms with van der Waals surface area (Å²) in [6.45, 7) is 8.37. The third-order valence-electron chi connectivity index (χ3n) is 5.59. The fraction of sp³-hybridized carbons (Fsp3) is 0.765. The Morgan fingerprint density at radius 1 is 1.22 bits per heavy atom. The number of hydrogen-bond acceptors (Lipinski definition) is 3. The van der Waals surface area contributed by atoms with E-state index in [2.05, 4.69) is 13.8 Å². The maximum Gasteiger partial charge on any atom is 0.233 e. The molecule has 2 amide bonds. The van der Waals surface area contributed by atoms with Crippen LogP contribution in [0.3, 0.4) is 0 Å². The first kappa shape index (κ1) is 18.4. The number of carbonyl (C=O) groups is 2. The quantitative estimate of drug-likeness (QED) is 0.539. The number of halogens is 1. The Morgan fingerprint density at radius 3 is 2.48 bits per heavy atom. The molecule has 0 saturated carbocycles. The molecule has 1 heterocycles. The molecule has 1 aliphatic carbocycles. The van der Waals surface area contributed by atoms with Crippen LogP contribution in [-0.2, 0) is 9.59 Å². The number of carbonyl (C=O) groups excluding carboxylic acids is 2. The highest BCUT2D eigenvalue weighted by Gasteiger charge is 2.48. The van der Waals surface area contributed by atoms with Crippen molar-refractivity contribution < 1.29 is 19.2 Å². The van der Waals surface area contributed by atoms with Crippen molar-refractivity contribution in [2.75, 3.05) is 39.3 Å². The molecule has 23 heavy (non-hydrogen) atoms. The lowest BCUT2D eigenvalue weighted by Gasteiger charge is -2.36. The Hall–Kier alpha value is -0.910. The van der Waals surface area contributed by atoms with Gasteiger partial charge in [-0.2, -0.15) is 0 Å². The number of fused-ring (bicyclic) bond motifs is 1. The van der Waals surface area contributed by atoms with Crippen LogP contribution in [0.2, 0.25) is 0 Å². The fourth-order valence-electron chi connectivity index (χ4n) is 3.86. The summed E-state index contributed by atoms with van der Waals surface area (Å²) in [6.07, 6.45) is 3.73. The maximum atomic E-state index is 12.5. The lowest BCUT2D eigenvalue weighted by molar-refractivity contribution is -0.925. The minimum Gasteiger partial charge on any atom is -0.391 e. The van der Waals surface area contributed by atoms with Crippen molar-refractivity contribution in [1.29, 1.82) is 0 Å². The standard InChI is InChI=1S/C17H28ClN2O3/c1-3-20(4-2,10-11-21)9-5-8-19-16(22)14-7-6-13(18)12-15(14)17(19)23/h6,14-15,21H,3-5,7-12H2,1-2H3/q+1/t14-,15-/m0/s1. The van der Waals surface area contributed by atoms with Gasteiger partial charge in [0.1, 0.15) is 6.54 Å². The number of quaternary nitrogens is 1. The summed E-state index contributed by atoms with van der Waals surface area (Å²) in [5, 5.41) is 9.97. The first-order valence-electron chi connectivity index (χ1n) is 8.63. The summed E-state index contributed by atoms with van der Waals surface area (Å²) in [5.74, 6) is -0.554. The Morgan fingerprint density at radius 2 is 1.87 bits per heavy atom. The number of hydrogen-bond donors (Lipinski definition) is 1. The Bertz CT molecular complexity index is 488. The largest absolute Gasteiger partial charge is 0.391 e. The number of allylic oxidation sites excluding steroid dienone is 2. The van der Waals surface area contributed by atoms with E-state index in [-0.39, 0.29) is 30.3 Å². The van der Waals surface area contributed by atoms with Crippen LogP contribution in [0.25, 0.3) is 0 Å². The zero-order valence-electron chi connectivity index (χ0n) is 14.1. The van der Waals surface area contributed by atoms with E-state index in [9.17, 15) is 14.7 Å². The molecule has 0 unspecified atom stereocenters. The van der Waals surface area contributed by atoms with E-state index < -0.39 is 0 Å². The molecule has 2 atom stereocenters. The van der Waals surface area contributed by atoms with E-state index in [4.69, 9.17) is 11.6 Å². The second-order valence-corrected chi connectivity index (χ2v) is 7.12. The number of nitrogens with zero attached hydrogens (tertiary/aromatic N) is 2. The third-order valence-corrected chi connectivity index (χ3v) is 5.90. The van der Waals surface area contributed by atoms with Crippen molar-refractivity contribution >= 4 is 23.4 Å². The maximum absolute atomic E-state index is 12.5. The molecule has 5 nitrogen and oxygen atoms in total. The molecule has 0 aromatic heterocycles. The highest BCUT2D eigenvalue weighted by atomic mass is 35.5. The summed E-state index contributed by atoms with van der Waals surface area (Å²) < 4.78 is 0.826. The zero-order valence-corrected chi connectivity index (χ0v) is 14.9. The van der Waals surface area contributed by atoms with E-state index in [0.717, 1.165) is 37.1 Å². The lowest BCUT2D eigenvalue weighted by atomic mass is 9.85. The van der Waals surface area contributed by atoms with Gasteiger partial charge in [0, 0.05) is 18.0 Å². The average molecular weight is 344 g/mol. The first-order chi connectivity index (χ1) is 11.0. The molecule has 0 aromatic carbocycles. The number of likely N-dealkylation sites (N-methyl/N-ethyl adjacent to an activating group) is 1. The molecule has 0 aromatic rings. The summed E-state index contributed by atoms with van der Waals surface area (Å²) in [7, 11) is 0. The van der Waals surface area contributed by atoms with Crippen LogP contribution in [0.15, 0.2) is 11.1 Å². The van der Waals surface area contributed by atoms with Gasteiger partial charge in [0.05, 0.1) is 38.1 Å². The van der Waals surface area contributed by atoms with Gasteiger partial charge >= 0.3 is 0 Å². The van der Waals surface area contributed by atoms with E-state index in [1.807, 2.05) is 6.08 Å². The van der Waals surface area contributed by atoms with Gasteiger partial charge in [-0.3, -0.25) is 14.5 Å². The van der Waals surface area contributed by atoms with Crippen LogP contribution >= 0.6 is 11.6 Å². The smallest absolute Gasteiger partial charge is 0.233 e. The van der Waals surface area contributed by atoms with Crippen molar-refractivity contribution in [3.63, 3.8) is 0 Å². The van der Waals surface area contributed by atoms with Gasteiger partial charge < -0.3 is 9.59 Å². The molecular weight excluding hydrogens is 316 g/mol. The minimum absolute atomic E-state index is 0.0336. The third kappa shape index (κ3) is 3.78. The second-order valence-electron chi connectivity index (χ2n) is 6.63. The summed E-state index contributed by atoms with van der Waals surface area (Å²) in [5.41, 5.74) is 0. The van der Waals surface area contributed by atoms with Gasteiger partial charge in [-0.15, -0.1) is 0 Å². The van der Waals surface area contributed by atoms with Crippen molar-refractivity contribution in [3.8, 4) is 0 Å². The SMILES string of the molecule is CC[N+](CC)(CCO)CCCN1C(=O)[C@H]2CC=C(Cl)C[C@@H]2C1=O. The zero-order chi connectivity index (χ0) is 17.0. The van der Waals surface area contributed by atoms with Crippen molar-refractivity contribution in [1.82, 2.24) is 4.90 Å².